The summed E-state index contributed by atoms with van der Waals surface area (Å²) in [5.74, 6) is -3.35. The monoisotopic (exact) mass is 422 g/mol. The van der Waals surface area contributed by atoms with E-state index in [9.17, 15) is 23.6 Å². The van der Waals surface area contributed by atoms with Crippen LogP contribution in [0.15, 0.2) is 48.7 Å². The molecule has 2 heterocycles. The summed E-state index contributed by atoms with van der Waals surface area (Å²) in [7, 11) is 0. The first-order valence-electron chi connectivity index (χ1n) is 9.65. The fourth-order valence-electron chi connectivity index (χ4n) is 3.73. The second-order valence-corrected chi connectivity index (χ2v) is 7.19. The van der Waals surface area contributed by atoms with E-state index in [1.807, 2.05) is 6.07 Å². The van der Waals surface area contributed by atoms with E-state index < -0.39 is 23.4 Å². The number of hydrogen-bond donors (Lipinski definition) is 2. The summed E-state index contributed by atoms with van der Waals surface area (Å²) in [4.78, 5) is 55.3. The third kappa shape index (κ3) is 3.65. The van der Waals surface area contributed by atoms with Crippen molar-refractivity contribution in [1.29, 1.82) is 0 Å². The van der Waals surface area contributed by atoms with E-state index in [-0.39, 0.29) is 54.1 Å². The number of nitrogens with zero attached hydrogens (tertiary/aromatic N) is 2. The van der Waals surface area contributed by atoms with E-state index in [0.717, 1.165) is 6.07 Å². The largest absolute Gasteiger partial charge is 0.366 e. The normalized spacial score (nSPS) is 14.0. The van der Waals surface area contributed by atoms with Crippen LogP contribution >= 0.6 is 0 Å². The molecule has 31 heavy (non-hydrogen) atoms. The molecule has 0 saturated carbocycles. The maximum absolute atomic E-state index is 14.4. The Morgan fingerprint density at radius 3 is 2.16 bits per heavy atom. The van der Waals surface area contributed by atoms with Crippen molar-refractivity contribution < 1.29 is 23.6 Å². The Hall–Kier alpha value is -4.01. The van der Waals surface area contributed by atoms with E-state index in [2.05, 4.69) is 4.98 Å². The lowest BCUT2D eigenvalue weighted by Gasteiger charge is -2.34. The number of carbonyl (C=O) groups is 4. The number of carbonyl (C=O) groups excluding carboxylic acids is 4. The zero-order chi connectivity index (χ0) is 22.1. The van der Waals surface area contributed by atoms with Crippen LogP contribution in [0.1, 0.15) is 31.1 Å². The molecule has 1 aliphatic heterocycles. The Labute approximate surface area is 176 Å². The van der Waals surface area contributed by atoms with E-state index in [1.165, 1.54) is 17.2 Å². The molecule has 2 aromatic carbocycles. The number of ketones is 1. The van der Waals surface area contributed by atoms with Crippen LogP contribution in [0, 0.1) is 5.82 Å². The fraction of sp³-hybridized carbons (Fsp3) is 0.182. The summed E-state index contributed by atoms with van der Waals surface area (Å²) in [5.41, 5.74) is 5.78. The summed E-state index contributed by atoms with van der Waals surface area (Å²) in [5, 5.41) is -0.146. The standard InChI is InChI=1S/C22H19FN4O4/c23-16-7-6-14(20(24)29)18-17(16)15(12-25-18)19(28)22(31)27-10-8-26(9-11-27)21(30)13-4-2-1-3-5-13/h1-7,12,25H,8-11H2,(H2,24,29). The van der Waals surface area contributed by atoms with Gasteiger partial charge in [-0.1, -0.05) is 18.2 Å². The van der Waals surface area contributed by atoms with Gasteiger partial charge >= 0.3 is 0 Å². The molecule has 1 saturated heterocycles. The number of aromatic nitrogens is 1. The lowest BCUT2D eigenvalue weighted by atomic mass is 10.0. The summed E-state index contributed by atoms with van der Waals surface area (Å²) in [6.07, 6.45) is 1.20. The SMILES string of the molecule is NC(=O)c1ccc(F)c2c(C(=O)C(=O)N3CCN(C(=O)c4ccccc4)CC3)c[nH]c12. The van der Waals surface area contributed by atoms with Crippen molar-refractivity contribution in [2.45, 2.75) is 0 Å². The lowest BCUT2D eigenvalue weighted by molar-refractivity contribution is -0.127. The molecular weight excluding hydrogens is 403 g/mol. The first kappa shape index (κ1) is 20.3. The van der Waals surface area contributed by atoms with Gasteiger partial charge < -0.3 is 20.5 Å². The zero-order valence-electron chi connectivity index (χ0n) is 16.4. The third-order valence-corrected chi connectivity index (χ3v) is 5.36. The molecule has 0 spiro atoms. The number of nitrogens with one attached hydrogen (secondary N) is 1. The Kier molecular flexibility index (Phi) is 5.24. The summed E-state index contributed by atoms with van der Waals surface area (Å²) >= 11 is 0. The number of rotatable bonds is 4. The number of aromatic amines is 1. The van der Waals surface area contributed by atoms with Crippen LogP contribution in [0.3, 0.4) is 0 Å². The summed E-state index contributed by atoms with van der Waals surface area (Å²) in [6.45, 7) is 0.919. The van der Waals surface area contributed by atoms with Crippen LogP contribution in [0.2, 0.25) is 0 Å². The van der Waals surface area contributed by atoms with Gasteiger partial charge in [0.05, 0.1) is 16.6 Å². The van der Waals surface area contributed by atoms with Crippen molar-refractivity contribution in [3.8, 4) is 0 Å². The third-order valence-electron chi connectivity index (χ3n) is 5.36. The van der Waals surface area contributed by atoms with Gasteiger partial charge in [-0.3, -0.25) is 19.2 Å². The molecule has 0 unspecified atom stereocenters. The number of halogens is 1. The van der Waals surface area contributed by atoms with Crippen molar-refractivity contribution in [1.82, 2.24) is 14.8 Å². The molecule has 0 aliphatic carbocycles. The quantitative estimate of drug-likeness (QED) is 0.490. The first-order valence-corrected chi connectivity index (χ1v) is 9.65. The number of nitrogens with two attached hydrogens (primary N) is 1. The Morgan fingerprint density at radius 1 is 0.871 bits per heavy atom. The van der Waals surface area contributed by atoms with Crippen LogP contribution < -0.4 is 5.73 Å². The molecule has 1 aliphatic rings. The van der Waals surface area contributed by atoms with Crippen LogP contribution in [-0.2, 0) is 4.79 Å². The molecular formula is C22H19FN4O4. The topological polar surface area (TPSA) is 117 Å². The predicted octanol–water partition coefficient (Wildman–Crippen LogP) is 1.57. The number of benzene rings is 2. The molecule has 0 atom stereocenters. The van der Waals surface area contributed by atoms with Crippen molar-refractivity contribution in [3.63, 3.8) is 0 Å². The average molecular weight is 422 g/mol. The fourth-order valence-corrected chi connectivity index (χ4v) is 3.73. The van der Waals surface area contributed by atoms with E-state index in [4.69, 9.17) is 5.73 Å². The predicted molar refractivity (Wildman–Crippen MR) is 110 cm³/mol. The van der Waals surface area contributed by atoms with Crippen molar-refractivity contribution in [2.24, 2.45) is 5.73 Å². The number of hydrogen-bond acceptors (Lipinski definition) is 4. The highest BCUT2D eigenvalue weighted by atomic mass is 19.1. The van der Waals surface area contributed by atoms with Crippen LogP contribution in [0.4, 0.5) is 4.39 Å². The average Bonchev–Trinajstić information content (AvgIpc) is 3.24. The second kappa shape index (κ2) is 8.02. The van der Waals surface area contributed by atoms with Crippen LogP contribution in [-0.4, -0.2) is 64.5 Å². The zero-order valence-corrected chi connectivity index (χ0v) is 16.4. The minimum Gasteiger partial charge on any atom is -0.366 e. The lowest BCUT2D eigenvalue weighted by Crippen LogP contribution is -2.52. The molecule has 8 nitrogen and oxygen atoms in total. The number of fused-ring (bicyclic) bond motifs is 1. The van der Waals surface area contributed by atoms with Gasteiger partial charge in [-0.2, -0.15) is 0 Å². The molecule has 3 N–H and O–H groups in total. The molecule has 0 radical (unpaired) electrons. The molecule has 3 amide bonds. The van der Waals surface area contributed by atoms with Crippen molar-refractivity contribution >= 4 is 34.4 Å². The van der Waals surface area contributed by atoms with Gasteiger partial charge in [-0.25, -0.2) is 4.39 Å². The van der Waals surface area contributed by atoms with Gasteiger partial charge in [0.25, 0.3) is 23.5 Å². The molecule has 1 fully saturated rings. The van der Waals surface area contributed by atoms with E-state index in [1.54, 1.807) is 29.2 Å². The maximum Gasteiger partial charge on any atom is 0.295 e. The highest BCUT2D eigenvalue weighted by molar-refractivity contribution is 6.45. The van der Waals surface area contributed by atoms with Gasteiger partial charge in [-0.15, -0.1) is 0 Å². The van der Waals surface area contributed by atoms with Gasteiger partial charge in [0.1, 0.15) is 5.82 Å². The number of Topliss-reactive ketones (excluding diaryl/α,β-unsaturated/α-hetero) is 1. The summed E-state index contributed by atoms with van der Waals surface area (Å²) < 4.78 is 14.4. The minimum absolute atomic E-state index is 0.0240. The summed E-state index contributed by atoms with van der Waals surface area (Å²) in [6, 6.07) is 11.1. The Balaban J connectivity index is 1.50. The molecule has 1 aromatic heterocycles. The minimum atomic E-state index is -0.894. The van der Waals surface area contributed by atoms with Crippen LogP contribution in [0.25, 0.3) is 10.9 Å². The smallest absolute Gasteiger partial charge is 0.295 e. The second-order valence-electron chi connectivity index (χ2n) is 7.19. The Bertz CT molecular complexity index is 1200. The van der Waals surface area contributed by atoms with E-state index in [0.29, 0.717) is 5.56 Å². The number of H-pyrrole nitrogens is 1. The number of amides is 3. The van der Waals surface area contributed by atoms with E-state index >= 15 is 0 Å². The molecule has 4 rings (SSSR count). The van der Waals surface area contributed by atoms with Crippen LogP contribution in [0.5, 0.6) is 0 Å². The molecule has 158 valence electrons. The number of primary amides is 1. The first-order chi connectivity index (χ1) is 14.9. The molecule has 9 heteroatoms. The van der Waals surface area contributed by atoms with Crippen molar-refractivity contribution in [2.75, 3.05) is 26.2 Å². The maximum atomic E-state index is 14.4. The van der Waals surface area contributed by atoms with Gasteiger partial charge in [0.15, 0.2) is 0 Å². The molecule has 3 aromatic rings. The molecule has 0 bridgehead atoms. The Morgan fingerprint density at radius 2 is 1.52 bits per heavy atom. The van der Waals surface area contributed by atoms with Gasteiger partial charge in [-0.05, 0) is 24.3 Å². The van der Waals surface area contributed by atoms with Gasteiger partial charge in [0, 0.05) is 43.3 Å². The highest BCUT2D eigenvalue weighted by Crippen LogP contribution is 2.26. The van der Waals surface area contributed by atoms with Crippen molar-refractivity contribution in [3.05, 3.63) is 71.2 Å². The highest BCUT2D eigenvalue weighted by Gasteiger charge is 2.31. The van der Waals surface area contributed by atoms with Gasteiger partial charge in [0.2, 0.25) is 0 Å². The number of piperazine rings is 1.